The lowest BCUT2D eigenvalue weighted by molar-refractivity contribution is 0.0606. The van der Waals surface area contributed by atoms with Gasteiger partial charge in [-0.05, 0) is 41.3 Å². The summed E-state index contributed by atoms with van der Waals surface area (Å²) in [6.45, 7) is 0.734. The number of amides is 1. The number of carbonyl (C=O) groups excluding carboxylic acids is 2. The summed E-state index contributed by atoms with van der Waals surface area (Å²) in [5.41, 5.74) is 1.19. The Balaban J connectivity index is 1.67. The van der Waals surface area contributed by atoms with E-state index >= 15 is 0 Å². The van der Waals surface area contributed by atoms with Gasteiger partial charge in [-0.3, -0.25) is 4.79 Å². The number of likely N-dealkylation sites (tertiary alicyclic amines) is 1. The zero-order valence-corrected chi connectivity index (χ0v) is 15.3. The van der Waals surface area contributed by atoms with Crippen LogP contribution in [0, 0.1) is 0 Å². The van der Waals surface area contributed by atoms with E-state index in [4.69, 9.17) is 4.74 Å². The first-order chi connectivity index (χ1) is 12.7. The summed E-state index contributed by atoms with van der Waals surface area (Å²) >= 11 is 1.20. The van der Waals surface area contributed by atoms with Gasteiger partial charge in [0.25, 0.3) is 5.91 Å². The summed E-state index contributed by atoms with van der Waals surface area (Å²) in [6.07, 6.45) is 1.93. The van der Waals surface area contributed by atoms with Crippen LogP contribution in [0.2, 0.25) is 0 Å². The van der Waals surface area contributed by atoms with Crippen molar-refractivity contribution in [3.8, 4) is 0 Å². The second-order valence-electron chi connectivity index (χ2n) is 6.38. The highest BCUT2D eigenvalue weighted by Crippen LogP contribution is 2.37. The first kappa shape index (κ1) is 16.8. The molecule has 0 spiro atoms. The first-order valence-corrected chi connectivity index (χ1v) is 9.47. The van der Waals surface area contributed by atoms with Crippen LogP contribution in [0.3, 0.4) is 0 Å². The fourth-order valence-corrected chi connectivity index (χ4v) is 4.56. The van der Waals surface area contributed by atoms with E-state index in [-0.39, 0.29) is 11.9 Å². The van der Waals surface area contributed by atoms with Gasteiger partial charge >= 0.3 is 5.97 Å². The summed E-state index contributed by atoms with van der Waals surface area (Å²) in [6, 6.07) is 18.0. The normalized spacial score (nSPS) is 16.8. The van der Waals surface area contributed by atoms with E-state index in [1.165, 1.54) is 34.8 Å². The van der Waals surface area contributed by atoms with Gasteiger partial charge in [-0.2, -0.15) is 0 Å². The highest BCUT2D eigenvalue weighted by Gasteiger charge is 2.32. The Morgan fingerprint density at radius 3 is 2.65 bits per heavy atom. The molecule has 1 aromatic heterocycles. The van der Waals surface area contributed by atoms with Gasteiger partial charge in [-0.25, -0.2) is 4.79 Å². The summed E-state index contributed by atoms with van der Waals surface area (Å²) < 4.78 is 4.74. The van der Waals surface area contributed by atoms with Gasteiger partial charge < -0.3 is 9.64 Å². The number of methoxy groups -OCH3 is 1. The van der Waals surface area contributed by atoms with Gasteiger partial charge in [0.1, 0.15) is 4.88 Å². The van der Waals surface area contributed by atoms with Gasteiger partial charge in [0.05, 0.1) is 18.0 Å². The van der Waals surface area contributed by atoms with Gasteiger partial charge in [0, 0.05) is 6.54 Å². The molecular formula is C21H19NO3S. The molecule has 132 valence electrons. The standard InChI is InChI=1S/C21H19NO3S/c1-25-21(24)19-12-11-18(26-19)20(23)22-13-5-10-17(22)16-9-4-7-14-6-2-3-8-15(14)16/h2-4,6-9,11-12,17H,5,10,13H2,1H3. The Kier molecular flexibility index (Phi) is 4.47. The Morgan fingerprint density at radius 1 is 1.04 bits per heavy atom. The minimum Gasteiger partial charge on any atom is -0.465 e. The molecule has 5 heteroatoms. The van der Waals surface area contributed by atoms with Gasteiger partial charge in [0.15, 0.2) is 0 Å². The number of benzene rings is 2. The van der Waals surface area contributed by atoms with Crippen LogP contribution in [0.4, 0.5) is 0 Å². The molecule has 1 unspecified atom stereocenters. The van der Waals surface area contributed by atoms with Crippen LogP contribution < -0.4 is 0 Å². The van der Waals surface area contributed by atoms with Crippen molar-refractivity contribution in [1.82, 2.24) is 4.90 Å². The predicted molar refractivity (Wildman–Crippen MR) is 103 cm³/mol. The monoisotopic (exact) mass is 365 g/mol. The Hall–Kier alpha value is -2.66. The third-order valence-corrected chi connectivity index (χ3v) is 5.95. The quantitative estimate of drug-likeness (QED) is 0.634. The number of carbonyl (C=O) groups is 2. The second-order valence-corrected chi connectivity index (χ2v) is 7.46. The molecule has 1 amide bonds. The average Bonchev–Trinajstić information content (AvgIpc) is 3.36. The van der Waals surface area contributed by atoms with E-state index in [2.05, 4.69) is 30.3 Å². The molecule has 1 fully saturated rings. The molecule has 1 aliphatic rings. The number of thiophene rings is 1. The van der Waals surface area contributed by atoms with Crippen molar-refractivity contribution in [3.63, 3.8) is 0 Å². The van der Waals surface area contributed by atoms with E-state index < -0.39 is 5.97 Å². The molecule has 0 N–H and O–H groups in total. The Bertz CT molecular complexity index is 973. The third-order valence-electron chi connectivity index (χ3n) is 4.90. The van der Waals surface area contributed by atoms with Gasteiger partial charge in [-0.15, -0.1) is 11.3 Å². The number of hydrogen-bond acceptors (Lipinski definition) is 4. The molecule has 2 heterocycles. The van der Waals surface area contributed by atoms with Crippen molar-refractivity contribution in [1.29, 1.82) is 0 Å². The fourth-order valence-electron chi connectivity index (χ4n) is 3.68. The highest BCUT2D eigenvalue weighted by molar-refractivity contribution is 7.15. The van der Waals surface area contributed by atoms with E-state index in [9.17, 15) is 9.59 Å². The van der Waals surface area contributed by atoms with Crippen molar-refractivity contribution in [2.45, 2.75) is 18.9 Å². The van der Waals surface area contributed by atoms with E-state index in [0.29, 0.717) is 9.75 Å². The smallest absolute Gasteiger partial charge is 0.348 e. The van der Waals surface area contributed by atoms with Gasteiger partial charge in [-0.1, -0.05) is 42.5 Å². The number of nitrogens with zero attached hydrogens (tertiary/aromatic N) is 1. The summed E-state index contributed by atoms with van der Waals surface area (Å²) in [5, 5.41) is 2.38. The average molecular weight is 365 g/mol. The lowest BCUT2D eigenvalue weighted by Crippen LogP contribution is -2.30. The topological polar surface area (TPSA) is 46.6 Å². The zero-order valence-electron chi connectivity index (χ0n) is 14.5. The Morgan fingerprint density at radius 2 is 1.81 bits per heavy atom. The largest absolute Gasteiger partial charge is 0.465 e. The fraction of sp³-hybridized carbons (Fsp3) is 0.238. The zero-order chi connectivity index (χ0) is 18.1. The van der Waals surface area contributed by atoms with Crippen molar-refractivity contribution in [2.75, 3.05) is 13.7 Å². The summed E-state index contributed by atoms with van der Waals surface area (Å²) in [4.78, 5) is 27.7. The van der Waals surface area contributed by atoms with Crippen LogP contribution >= 0.6 is 11.3 Å². The highest BCUT2D eigenvalue weighted by atomic mass is 32.1. The number of hydrogen-bond donors (Lipinski definition) is 0. The lowest BCUT2D eigenvalue weighted by Gasteiger charge is -2.25. The van der Waals surface area contributed by atoms with Crippen LogP contribution in [0.15, 0.2) is 54.6 Å². The van der Waals surface area contributed by atoms with Crippen LogP contribution in [0.1, 0.15) is 43.8 Å². The van der Waals surface area contributed by atoms with Crippen LogP contribution in [-0.2, 0) is 4.74 Å². The maximum atomic E-state index is 13.1. The SMILES string of the molecule is COC(=O)c1ccc(C(=O)N2CCCC2c2cccc3ccccc23)s1. The maximum absolute atomic E-state index is 13.1. The summed E-state index contributed by atoms with van der Waals surface area (Å²) in [7, 11) is 1.35. The van der Waals surface area contributed by atoms with Crippen molar-refractivity contribution < 1.29 is 14.3 Å². The van der Waals surface area contributed by atoms with E-state index in [1.54, 1.807) is 12.1 Å². The molecule has 4 rings (SSSR count). The molecule has 1 saturated heterocycles. The second kappa shape index (κ2) is 6.92. The molecular weight excluding hydrogens is 346 g/mol. The van der Waals surface area contributed by atoms with E-state index in [0.717, 1.165) is 19.4 Å². The van der Waals surface area contributed by atoms with Gasteiger partial charge in [0.2, 0.25) is 0 Å². The van der Waals surface area contributed by atoms with Crippen molar-refractivity contribution in [2.24, 2.45) is 0 Å². The minimum atomic E-state index is -0.402. The summed E-state index contributed by atoms with van der Waals surface area (Å²) in [5.74, 6) is -0.415. The third kappa shape index (κ3) is 2.88. The number of fused-ring (bicyclic) bond motifs is 1. The number of ether oxygens (including phenoxy) is 1. The predicted octanol–water partition coefficient (Wildman–Crippen LogP) is 4.67. The molecule has 3 aromatic rings. The van der Waals surface area contributed by atoms with Crippen LogP contribution in [-0.4, -0.2) is 30.4 Å². The van der Waals surface area contributed by atoms with Crippen molar-refractivity contribution in [3.05, 3.63) is 69.9 Å². The van der Waals surface area contributed by atoms with Crippen LogP contribution in [0.25, 0.3) is 10.8 Å². The minimum absolute atomic E-state index is 0.0133. The molecule has 4 nitrogen and oxygen atoms in total. The molecule has 0 aliphatic carbocycles. The van der Waals surface area contributed by atoms with Crippen LogP contribution in [0.5, 0.6) is 0 Å². The molecule has 2 aromatic carbocycles. The molecule has 1 aliphatic heterocycles. The molecule has 0 bridgehead atoms. The van der Waals surface area contributed by atoms with E-state index in [1.807, 2.05) is 17.0 Å². The molecule has 0 saturated carbocycles. The number of esters is 1. The maximum Gasteiger partial charge on any atom is 0.348 e. The Labute approximate surface area is 156 Å². The van der Waals surface area contributed by atoms with Crippen molar-refractivity contribution >= 4 is 34.0 Å². The first-order valence-electron chi connectivity index (χ1n) is 8.66. The molecule has 1 atom stereocenters. The molecule has 0 radical (unpaired) electrons. The molecule has 26 heavy (non-hydrogen) atoms. The lowest BCUT2D eigenvalue weighted by atomic mass is 9.97. The number of rotatable bonds is 3.